The molecule has 3 aliphatic carbocycles. The highest BCUT2D eigenvalue weighted by atomic mass is 14.9. The molecule has 0 spiro atoms. The van der Waals surface area contributed by atoms with Crippen LogP contribution in [0.25, 0.3) is 177 Å². The lowest BCUT2D eigenvalue weighted by molar-refractivity contribution is 0.661. The molecule has 14 aromatic carbocycles. The number of pyridine rings is 3. The molecular formula is C102H73N7. The average molecular weight is 1400 g/mol. The van der Waals surface area contributed by atoms with Gasteiger partial charge in [-0.3, -0.25) is 0 Å². The molecule has 0 amide bonds. The minimum Gasteiger partial charge on any atom is -0.247 e. The number of fused-ring (bicyclic) bond motifs is 19. The molecule has 0 atom stereocenters. The van der Waals surface area contributed by atoms with Crippen LogP contribution in [0.4, 0.5) is 0 Å². The molecule has 3 aliphatic rings. The number of rotatable bonds is 6. The van der Waals surface area contributed by atoms with Crippen molar-refractivity contribution in [3.05, 3.63) is 367 Å². The minimum atomic E-state index is -0.140. The second-order valence-corrected chi connectivity index (χ2v) is 30.6. The van der Waals surface area contributed by atoms with Gasteiger partial charge >= 0.3 is 0 Å². The van der Waals surface area contributed by atoms with Gasteiger partial charge < -0.3 is 0 Å². The molecule has 0 saturated heterocycles. The highest BCUT2D eigenvalue weighted by molar-refractivity contribution is 6.26. The molecule has 0 N–H and O–H groups in total. The lowest BCUT2D eigenvalue weighted by Gasteiger charge is -2.25. The van der Waals surface area contributed by atoms with Crippen molar-refractivity contribution >= 4 is 75.9 Å². The lowest BCUT2D eigenvalue weighted by atomic mass is 9.78. The van der Waals surface area contributed by atoms with E-state index in [-0.39, 0.29) is 16.2 Å². The molecule has 19 aromatic rings. The van der Waals surface area contributed by atoms with Crippen molar-refractivity contribution in [2.24, 2.45) is 0 Å². The van der Waals surface area contributed by atoms with Crippen LogP contribution in [-0.4, -0.2) is 34.9 Å². The van der Waals surface area contributed by atoms with E-state index >= 15 is 0 Å². The monoisotopic (exact) mass is 1400 g/mol. The zero-order chi connectivity index (χ0) is 73.3. The lowest BCUT2D eigenvalue weighted by Crippen LogP contribution is -2.16. The first kappa shape index (κ1) is 65.1. The summed E-state index contributed by atoms with van der Waals surface area (Å²) >= 11 is 0. The van der Waals surface area contributed by atoms with Crippen molar-refractivity contribution in [3.63, 3.8) is 0 Å². The highest BCUT2D eigenvalue weighted by Gasteiger charge is 2.42. The van der Waals surface area contributed by atoms with Crippen LogP contribution < -0.4 is 0 Å². The van der Waals surface area contributed by atoms with Crippen molar-refractivity contribution in [3.8, 4) is 101 Å². The Bertz CT molecular complexity index is 6880. The fourth-order valence-corrected chi connectivity index (χ4v) is 18.1. The fraction of sp³-hybridized carbons (Fsp3) is 0.0882. The van der Waals surface area contributed by atoms with Crippen molar-refractivity contribution in [1.82, 2.24) is 34.9 Å². The summed E-state index contributed by atoms with van der Waals surface area (Å²) in [5.74, 6) is 1.49. The van der Waals surface area contributed by atoms with Gasteiger partial charge in [-0.05, 0) is 147 Å². The molecule has 7 nitrogen and oxygen atoms in total. The molecule has 0 radical (unpaired) electrons. The third-order valence-corrected chi connectivity index (χ3v) is 23.3. The van der Waals surface area contributed by atoms with E-state index in [1.165, 1.54) is 143 Å². The van der Waals surface area contributed by atoms with Crippen LogP contribution in [0.5, 0.6) is 0 Å². The first-order chi connectivity index (χ1) is 53.3. The zero-order valence-electron chi connectivity index (χ0n) is 61.4. The van der Waals surface area contributed by atoms with Crippen LogP contribution in [0.15, 0.2) is 334 Å². The van der Waals surface area contributed by atoms with E-state index in [0.29, 0.717) is 0 Å². The molecule has 0 saturated carbocycles. The Kier molecular flexibility index (Phi) is 15.1. The van der Waals surface area contributed by atoms with Gasteiger partial charge in [-0.25, -0.2) is 34.9 Å². The van der Waals surface area contributed by atoms with Crippen LogP contribution in [0.2, 0.25) is 0 Å². The SMILES string of the molecule is CC1(C)c2ccccc2-c2nc3ccccc3c(-c3ccc(-c4ccc5c6ccccc6c6ccccc6c5c4)cc3)c21.CC1(C)c2ccccc2-c2nc3ccccc3c(-c3ccc(-c4ncc5ccccc5n4)cc3)c21.CC1(C)c2ccccc2-c2nc3ccccc3c(-c3ccc(-c4ncccn4)cc3)c21. The Morgan fingerprint density at radius 1 is 0.220 bits per heavy atom. The van der Waals surface area contributed by atoms with E-state index in [4.69, 9.17) is 19.9 Å². The Morgan fingerprint density at radius 3 is 0.954 bits per heavy atom. The topological polar surface area (TPSA) is 90.2 Å². The Hall–Kier alpha value is -13.5. The molecule has 5 heterocycles. The number of para-hydroxylation sites is 4. The fourth-order valence-electron chi connectivity index (χ4n) is 18.1. The summed E-state index contributed by atoms with van der Waals surface area (Å²) < 4.78 is 0. The number of hydrogen-bond donors (Lipinski definition) is 0. The largest absolute Gasteiger partial charge is 0.247 e. The Morgan fingerprint density at radius 2 is 0.532 bits per heavy atom. The second kappa shape index (κ2) is 25.4. The maximum atomic E-state index is 5.22. The minimum absolute atomic E-state index is 0.125. The van der Waals surface area contributed by atoms with Crippen LogP contribution in [0, 0.1) is 0 Å². The van der Waals surface area contributed by atoms with Gasteiger partial charge in [0.1, 0.15) is 0 Å². The molecule has 0 unspecified atom stereocenters. The first-order valence-electron chi connectivity index (χ1n) is 37.6. The van der Waals surface area contributed by atoms with Crippen molar-refractivity contribution < 1.29 is 0 Å². The van der Waals surface area contributed by atoms with E-state index in [9.17, 15) is 0 Å². The quantitative estimate of drug-likeness (QED) is 0.153. The number of nitrogens with zero attached hydrogens (tertiary/aromatic N) is 7. The molecule has 5 aromatic heterocycles. The van der Waals surface area contributed by atoms with Gasteiger partial charge in [0, 0.05) is 84.2 Å². The third-order valence-electron chi connectivity index (χ3n) is 23.3. The molecule has 7 heteroatoms. The zero-order valence-corrected chi connectivity index (χ0v) is 61.4. The van der Waals surface area contributed by atoms with E-state index in [2.05, 4.69) is 342 Å². The van der Waals surface area contributed by atoms with E-state index in [1.54, 1.807) is 12.4 Å². The van der Waals surface area contributed by atoms with Crippen molar-refractivity contribution in [2.45, 2.75) is 57.8 Å². The molecule has 516 valence electrons. The van der Waals surface area contributed by atoms with Crippen LogP contribution >= 0.6 is 0 Å². The van der Waals surface area contributed by atoms with E-state index in [0.717, 1.165) is 67.3 Å². The third kappa shape index (κ3) is 10.5. The molecule has 0 fully saturated rings. The van der Waals surface area contributed by atoms with Crippen molar-refractivity contribution in [1.29, 1.82) is 0 Å². The maximum Gasteiger partial charge on any atom is 0.159 e. The summed E-state index contributed by atoms with van der Waals surface area (Å²) in [5, 5.41) is 12.4. The average Bonchev–Trinajstić information content (AvgIpc) is 1.60. The number of hydrogen-bond acceptors (Lipinski definition) is 7. The van der Waals surface area contributed by atoms with E-state index in [1.807, 2.05) is 36.5 Å². The highest BCUT2D eigenvalue weighted by Crippen LogP contribution is 2.57. The summed E-state index contributed by atoms with van der Waals surface area (Å²) in [6.45, 7) is 13.9. The number of benzene rings is 14. The summed E-state index contributed by atoms with van der Waals surface area (Å²) in [6.07, 6.45) is 5.45. The predicted octanol–water partition coefficient (Wildman–Crippen LogP) is 25.8. The molecule has 0 bridgehead atoms. The first-order valence-corrected chi connectivity index (χ1v) is 37.6. The Labute approximate surface area is 633 Å². The van der Waals surface area contributed by atoms with Crippen LogP contribution in [0.1, 0.15) is 74.9 Å². The van der Waals surface area contributed by atoms with Gasteiger partial charge in [-0.1, -0.05) is 321 Å². The Balaban J connectivity index is 0.000000109. The smallest absolute Gasteiger partial charge is 0.159 e. The molecule has 109 heavy (non-hydrogen) atoms. The maximum absolute atomic E-state index is 5.22. The van der Waals surface area contributed by atoms with Crippen LogP contribution in [-0.2, 0) is 16.2 Å². The van der Waals surface area contributed by atoms with Gasteiger partial charge in [-0.2, -0.15) is 0 Å². The van der Waals surface area contributed by atoms with Gasteiger partial charge in [0.15, 0.2) is 11.6 Å². The standard InChI is InChI=1S/C42H29N.C32H23N3.C28H21N3/c1-42(2)37-17-9-7-15-34(37)41-40(42)39(35-16-8-10-18-38(35)43-41)27-21-19-26(20-22-27)28-23-24-33-31-13-4-3-11-29(31)30-12-5-6-14-32(30)36(33)25-28;1-32(2)25-12-6-4-10-23(25)30-29(32)28(24-11-5-8-14-27(24)34-30)20-15-17-21(18-16-20)31-33-19-22-9-3-7-13-26(22)35-31;1-28(2)22-10-5-3-8-20(22)26-25(28)24(21-9-4-6-11-23(21)31-26)18-12-14-19(15-13-18)27-29-16-7-17-30-27/h3-25H,1-2H3;3-19H,1-2H3;3-17H,1-2H3. The van der Waals surface area contributed by atoms with Gasteiger partial charge in [0.25, 0.3) is 0 Å². The second-order valence-electron chi connectivity index (χ2n) is 30.6. The molecular weight excluding hydrogens is 1320 g/mol. The van der Waals surface area contributed by atoms with Gasteiger partial charge in [-0.15, -0.1) is 0 Å². The van der Waals surface area contributed by atoms with Gasteiger partial charge in [0.2, 0.25) is 0 Å². The normalized spacial score (nSPS) is 13.6. The van der Waals surface area contributed by atoms with E-state index < -0.39 is 0 Å². The van der Waals surface area contributed by atoms with Crippen molar-refractivity contribution in [2.75, 3.05) is 0 Å². The summed E-state index contributed by atoms with van der Waals surface area (Å²) in [7, 11) is 0. The number of aromatic nitrogens is 7. The molecule has 22 rings (SSSR count). The summed E-state index contributed by atoms with van der Waals surface area (Å²) in [6, 6.07) is 113. The summed E-state index contributed by atoms with van der Waals surface area (Å²) in [5.41, 5.74) is 30.5. The predicted molar refractivity (Wildman–Crippen MR) is 452 cm³/mol. The molecule has 0 aliphatic heterocycles. The van der Waals surface area contributed by atoms with Crippen LogP contribution in [0.3, 0.4) is 0 Å². The summed E-state index contributed by atoms with van der Waals surface area (Å²) in [4.78, 5) is 33.7. The van der Waals surface area contributed by atoms with Gasteiger partial charge in [0.05, 0.1) is 39.1 Å².